The summed E-state index contributed by atoms with van der Waals surface area (Å²) in [5.74, 6) is 1.92. The van der Waals surface area contributed by atoms with Gasteiger partial charge in [0, 0.05) is 30.9 Å². The highest BCUT2D eigenvalue weighted by molar-refractivity contribution is 5.94. The van der Waals surface area contributed by atoms with E-state index in [1.54, 1.807) is 58.2 Å². The molecular weight excluding hydrogens is 394 g/mol. The number of aliphatic imine (C=N–C) groups is 1. The number of aromatic nitrogens is 1. The Kier molecular flexibility index (Phi) is 7.05. The van der Waals surface area contributed by atoms with Gasteiger partial charge in [-0.25, -0.2) is 0 Å². The monoisotopic (exact) mass is 419 g/mol. The minimum Gasteiger partial charge on any atom is -0.495 e. The number of fused-ring (bicyclic) bond motifs is 1. The maximum Gasteiger partial charge on any atom is 0.162 e. The molecule has 0 aliphatic rings. The van der Waals surface area contributed by atoms with Crippen molar-refractivity contribution in [2.75, 3.05) is 38.7 Å². The van der Waals surface area contributed by atoms with E-state index in [-0.39, 0.29) is 0 Å². The van der Waals surface area contributed by atoms with Crippen molar-refractivity contribution < 1.29 is 14.2 Å². The second kappa shape index (κ2) is 10.1. The molecule has 0 saturated carbocycles. The number of nitrogens with one attached hydrogen (secondary N) is 1. The minimum absolute atomic E-state index is 0.622. The molecule has 3 rings (SSSR count). The van der Waals surface area contributed by atoms with Crippen LogP contribution in [0.2, 0.25) is 0 Å². The number of ether oxygens (including phenoxy) is 3. The van der Waals surface area contributed by atoms with Crippen LogP contribution < -0.4 is 24.5 Å². The van der Waals surface area contributed by atoms with E-state index in [0.717, 1.165) is 27.8 Å². The van der Waals surface area contributed by atoms with Crippen molar-refractivity contribution in [2.45, 2.75) is 0 Å². The fraction of sp³-hybridized carbons (Fsp3) is 0.174. The standard InChI is InChI=1S/C23H25N5O3/c1-6-28(15-24-2)20-8-7-16(11-21(20)29-3)14-26-27-18-9-10-25-19-13-23(31-5)22(30-4)12-17(18)19/h6-15H,1H2,2-5H3,(H,25,27)/b24-15?,26-14+. The molecule has 0 saturated heterocycles. The highest BCUT2D eigenvalue weighted by Gasteiger charge is 2.10. The number of hydrogen-bond donors (Lipinski definition) is 1. The van der Waals surface area contributed by atoms with Gasteiger partial charge in [0.1, 0.15) is 5.75 Å². The number of hydrogen-bond acceptors (Lipinski definition) is 7. The van der Waals surface area contributed by atoms with Gasteiger partial charge in [0.2, 0.25) is 0 Å². The van der Waals surface area contributed by atoms with Crippen LogP contribution in [0.4, 0.5) is 11.4 Å². The van der Waals surface area contributed by atoms with Crippen molar-refractivity contribution in [3.05, 3.63) is 60.9 Å². The topological polar surface area (TPSA) is 80.6 Å². The van der Waals surface area contributed by atoms with E-state index in [4.69, 9.17) is 14.2 Å². The molecule has 0 aliphatic carbocycles. The van der Waals surface area contributed by atoms with Gasteiger partial charge in [0.25, 0.3) is 0 Å². The molecule has 0 unspecified atom stereocenters. The van der Waals surface area contributed by atoms with Crippen LogP contribution in [0, 0.1) is 0 Å². The van der Waals surface area contributed by atoms with Gasteiger partial charge in [0.05, 0.1) is 50.8 Å². The zero-order valence-corrected chi connectivity index (χ0v) is 18.0. The smallest absolute Gasteiger partial charge is 0.162 e. The second-order valence-corrected chi connectivity index (χ2v) is 6.35. The molecule has 1 N–H and O–H groups in total. The van der Waals surface area contributed by atoms with Crippen molar-refractivity contribution in [3.8, 4) is 17.2 Å². The molecule has 0 fully saturated rings. The maximum atomic E-state index is 5.52. The summed E-state index contributed by atoms with van der Waals surface area (Å²) in [5.41, 5.74) is 6.33. The number of pyridine rings is 1. The molecule has 31 heavy (non-hydrogen) atoms. The van der Waals surface area contributed by atoms with E-state index in [9.17, 15) is 0 Å². The van der Waals surface area contributed by atoms with Crippen molar-refractivity contribution in [1.29, 1.82) is 0 Å². The first kappa shape index (κ1) is 21.6. The summed E-state index contributed by atoms with van der Waals surface area (Å²) in [6.07, 6.45) is 6.75. The first-order chi connectivity index (χ1) is 15.1. The van der Waals surface area contributed by atoms with Crippen LogP contribution in [0.1, 0.15) is 5.56 Å². The molecule has 0 amide bonds. The van der Waals surface area contributed by atoms with Crippen molar-refractivity contribution >= 4 is 34.8 Å². The number of hydrazone groups is 1. The molecule has 1 heterocycles. The SMILES string of the molecule is C=CN(C=NC)c1ccc(/C=N/Nc2ccnc3cc(OC)c(OC)cc23)cc1OC. The third-order valence-corrected chi connectivity index (χ3v) is 4.56. The van der Waals surface area contributed by atoms with Gasteiger partial charge >= 0.3 is 0 Å². The average Bonchev–Trinajstić information content (AvgIpc) is 2.81. The summed E-state index contributed by atoms with van der Waals surface area (Å²) in [6, 6.07) is 11.3. The fourth-order valence-electron chi connectivity index (χ4n) is 3.07. The van der Waals surface area contributed by atoms with Crippen molar-refractivity contribution in [3.63, 3.8) is 0 Å². The van der Waals surface area contributed by atoms with E-state index in [1.807, 2.05) is 36.4 Å². The number of methoxy groups -OCH3 is 3. The zero-order valence-electron chi connectivity index (χ0n) is 18.0. The van der Waals surface area contributed by atoms with E-state index in [2.05, 4.69) is 27.1 Å². The van der Waals surface area contributed by atoms with Crippen LogP contribution in [-0.4, -0.2) is 45.9 Å². The van der Waals surface area contributed by atoms with Crippen LogP contribution >= 0.6 is 0 Å². The zero-order chi connectivity index (χ0) is 22.2. The molecule has 8 nitrogen and oxygen atoms in total. The Labute approximate surface area is 181 Å². The molecule has 160 valence electrons. The number of rotatable bonds is 9. The van der Waals surface area contributed by atoms with E-state index in [1.165, 1.54) is 0 Å². The lowest BCUT2D eigenvalue weighted by Gasteiger charge is -2.17. The van der Waals surface area contributed by atoms with Gasteiger partial charge in [0.15, 0.2) is 11.5 Å². The van der Waals surface area contributed by atoms with Gasteiger partial charge in [-0.1, -0.05) is 12.6 Å². The quantitative estimate of drug-likeness (QED) is 0.316. The number of nitrogens with zero attached hydrogens (tertiary/aromatic N) is 4. The third kappa shape index (κ3) is 4.75. The highest BCUT2D eigenvalue weighted by atomic mass is 16.5. The predicted octanol–water partition coefficient (Wildman–Crippen LogP) is 4.31. The summed E-state index contributed by atoms with van der Waals surface area (Å²) < 4.78 is 16.3. The summed E-state index contributed by atoms with van der Waals surface area (Å²) in [7, 11) is 6.51. The normalized spacial score (nSPS) is 11.1. The maximum absolute atomic E-state index is 5.52. The molecule has 8 heteroatoms. The summed E-state index contributed by atoms with van der Waals surface area (Å²) in [6.45, 7) is 3.81. The molecule has 0 aliphatic heterocycles. The third-order valence-electron chi connectivity index (χ3n) is 4.56. The van der Waals surface area contributed by atoms with Gasteiger partial charge < -0.3 is 19.1 Å². The molecule has 1 aromatic heterocycles. The summed E-state index contributed by atoms with van der Waals surface area (Å²) in [5, 5.41) is 5.24. The van der Waals surface area contributed by atoms with Gasteiger partial charge in [-0.05, 0) is 29.8 Å². The van der Waals surface area contributed by atoms with Gasteiger partial charge in [-0.3, -0.25) is 15.4 Å². The molecule has 0 atom stereocenters. The minimum atomic E-state index is 0.622. The predicted molar refractivity (Wildman–Crippen MR) is 126 cm³/mol. The Bertz CT molecular complexity index is 1130. The lowest BCUT2D eigenvalue weighted by Crippen LogP contribution is -2.13. The average molecular weight is 419 g/mol. The molecule has 0 spiro atoms. The first-order valence-corrected chi connectivity index (χ1v) is 9.46. The van der Waals surface area contributed by atoms with E-state index < -0.39 is 0 Å². The van der Waals surface area contributed by atoms with Crippen LogP contribution in [0.5, 0.6) is 17.2 Å². The molecule has 0 radical (unpaired) electrons. The number of benzene rings is 2. The first-order valence-electron chi connectivity index (χ1n) is 9.46. The van der Waals surface area contributed by atoms with E-state index in [0.29, 0.717) is 17.2 Å². The second-order valence-electron chi connectivity index (χ2n) is 6.35. The van der Waals surface area contributed by atoms with Crippen LogP contribution in [-0.2, 0) is 0 Å². The molecular formula is C23H25N5O3. The largest absolute Gasteiger partial charge is 0.495 e. The van der Waals surface area contributed by atoms with E-state index >= 15 is 0 Å². The Morgan fingerprint density at radius 3 is 2.42 bits per heavy atom. The van der Waals surface area contributed by atoms with Gasteiger partial charge in [-0.15, -0.1) is 0 Å². The lowest BCUT2D eigenvalue weighted by atomic mass is 10.1. The Hall–Kier alpha value is -4.07. The summed E-state index contributed by atoms with van der Waals surface area (Å²) in [4.78, 5) is 10.2. The number of anilines is 2. The van der Waals surface area contributed by atoms with Crippen molar-refractivity contribution in [2.24, 2.45) is 10.1 Å². The Balaban J connectivity index is 1.86. The molecule has 3 aromatic rings. The van der Waals surface area contributed by atoms with Crippen molar-refractivity contribution in [1.82, 2.24) is 4.98 Å². The molecule has 0 bridgehead atoms. The Morgan fingerprint density at radius 2 is 1.74 bits per heavy atom. The van der Waals surface area contributed by atoms with Crippen LogP contribution in [0.25, 0.3) is 10.9 Å². The Morgan fingerprint density at radius 1 is 1.00 bits per heavy atom. The fourth-order valence-corrected chi connectivity index (χ4v) is 3.07. The molecule has 2 aromatic carbocycles. The van der Waals surface area contributed by atoms with Crippen LogP contribution in [0.3, 0.4) is 0 Å². The summed E-state index contributed by atoms with van der Waals surface area (Å²) >= 11 is 0. The lowest BCUT2D eigenvalue weighted by molar-refractivity contribution is 0.356. The van der Waals surface area contributed by atoms with Gasteiger partial charge in [-0.2, -0.15) is 5.10 Å². The highest BCUT2D eigenvalue weighted by Crippen LogP contribution is 2.34. The van der Waals surface area contributed by atoms with Crippen LogP contribution in [0.15, 0.2) is 65.5 Å².